The number of hydrogen-bond acceptors (Lipinski definition) is 2. The van der Waals surface area contributed by atoms with E-state index in [9.17, 15) is 10.0 Å². The molecule has 2 N–H and O–H groups in total. The number of hydrogen-bond donors (Lipinski definition) is 2. The van der Waals surface area contributed by atoms with Crippen LogP contribution < -0.4 is 5.48 Å². The Labute approximate surface area is 201 Å². The molecular formula is C30H47NO2. The van der Waals surface area contributed by atoms with Crippen LogP contribution in [-0.4, -0.2) is 11.1 Å². The molecule has 0 spiro atoms. The lowest BCUT2D eigenvalue weighted by atomic mass is 9.34. The van der Waals surface area contributed by atoms with E-state index in [1.807, 2.05) is 0 Å². The van der Waals surface area contributed by atoms with Crippen molar-refractivity contribution in [3.8, 4) is 0 Å². The molecule has 0 bridgehead atoms. The second-order valence-electron chi connectivity index (χ2n) is 14.7. The zero-order chi connectivity index (χ0) is 24.1. The standard InChI is InChI=1S/C30H47NO2/c1-25(2)15-17-30(24(32)31-33)18-16-28(6)20(21(30)19-25)9-10-23-27(5)13-8-12-26(3,4)22(27)11-14-29(23,28)7/h8-9,12,21-23,33H,10-11,13-19H2,1-7H3,(H,31,32)/t21-,22-,23+,27-,28+,29+,30-/m0/s1. The first kappa shape index (κ1) is 23.6. The van der Waals surface area contributed by atoms with Crippen LogP contribution in [-0.2, 0) is 4.79 Å². The van der Waals surface area contributed by atoms with Crippen molar-refractivity contribution in [1.29, 1.82) is 0 Å². The summed E-state index contributed by atoms with van der Waals surface area (Å²) in [4.78, 5) is 13.2. The van der Waals surface area contributed by atoms with E-state index >= 15 is 0 Å². The van der Waals surface area contributed by atoms with E-state index in [1.54, 1.807) is 5.57 Å². The third kappa shape index (κ3) is 2.93. The van der Waals surface area contributed by atoms with Gasteiger partial charge in [0.2, 0.25) is 5.91 Å². The molecule has 0 saturated heterocycles. The van der Waals surface area contributed by atoms with Crippen LogP contribution in [0.3, 0.4) is 0 Å². The van der Waals surface area contributed by atoms with Crippen LogP contribution in [0.5, 0.6) is 0 Å². The van der Waals surface area contributed by atoms with Gasteiger partial charge in [-0.2, -0.15) is 0 Å². The number of carbonyl (C=O) groups is 1. The van der Waals surface area contributed by atoms with Crippen LogP contribution in [0.1, 0.15) is 106 Å². The van der Waals surface area contributed by atoms with Crippen molar-refractivity contribution >= 4 is 5.91 Å². The molecule has 5 aliphatic rings. The summed E-state index contributed by atoms with van der Waals surface area (Å²) in [5.74, 6) is 1.53. The van der Waals surface area contributed by atoms with Crippen LogP contribution >= 0.6 is 0 Å². The monoisotopic (exact) mass is 453 g/mol. The molecule has 3 saturated carbocycles. The number of fused-ring (bicyclic) bond motifs is 7. The van der Waals surface area contributed by atoms with Gasteiger partial charge in [-0.3, -0.25) is 10.0 Å². The first-order valence-corrected chi connectivity index (χ1v) is 13.6. The molecular weight excluding hydrogens is 406 g/mol. The molecule has 0 aliphatic heterocycles. The van der Waals surface area contributed by atoms with Crippen molar-refractivity contribution in [3.63, 3.8) is 0 Å². The fourth-order valence-electron chi connectivity index (χ4n) is 10.4. The van der Waals surface area contributed by atoms with Gasteiger partial charge in [0, 0.05) is 0 Å². The van der Waals surface area contributed by atoms with Crippen LogP contribution in [0.4, 0.5) is 0 Å². The smallest absolute Gasteiger partial charge is 0.250 e. The molecule has 5 rings (SSSR count). The molecule has 0 radical (unpaired) electrons. The van der Waals surface area contributed by atoms with Gasteiger partial charge in [0.15, 0.2) is 0 Å². The van der Waals surface area contributed by atoms with Crippen molar-refractivity contribution in [2.24, 2.45) is 50.2 Å². The Kier molecular flexibility index (Phi) is 5.01. The highest BCUT2D eigenvalue weighted by atomic mass is 16.5. The lowest BCUT2D eigenvalue weighted by Crippen LogP contribution is -2.64. The number of hydroxylamine groups is 1. The number of amides is 1. The summed E-state index contributed by atoms with van der Waals surface area (Å²) in [5.41, 5.74) is 4.47. The van der Waals surface area contributed by atoms with Gasteiger partial charge in [-0.05, 0) is 103 Å². The highest BCUT2D eigenvalue weighted by molar-refractivity contribution is 5.83. The minimum absolute atomic E-state index is 0.131. The maximum atomic E-state index is 13.2. The van der Waals surface area contributed by atoms with Crippen LogP contribution in [0.15, 0.2) is 23.8 Å². The Hall–Kier alpha value is -1.09. The number of nitrogens with one attached hydrogen (secondary N) is 1. The minimum Gasteiger partial charge on any atom is -0.289 e. The Morgan fingerprint density at radius 1 is 0.970 bits per heavy atom. The number of carbonyl (C=O) groups excluding carboxylic acids is 1. The second-order valence-corrected chi connectivity index (χ2v) is 14.7. The zero-order valence-corrected chi connectivity index (χ0v) is 22.2. The van der Waals surface area contributed by atoms with Gasteiger partial charge in [-0.25, -0.2) is 5.48 Å². The summed E-state index contributed by atoms with van der Waals surface area (Å²) in [6.45, 7) is 17.4. The first-order valence-electron chi connectivity index (χ1n) is 13.6. The SMILES string of the molecule is CC1(C)CC[C@]2(C(=O)NO)CC[C@]3(C)C(=CC[C@@H]4[C@@]5(C)CC=CC(C)(C)[C@@H]5CC[C@]43C)[C@@H]2C1. The summed E-state index contributed by atoms with van der Waals surface area (Å²) in [5, 5.41) is 9.74. The van der Waals surface area contributed by atoms with Crippen molar-refractivity contribution in [2.45, 2.75) is 106 Å². The fourth-order valence-corrected chi connectivity index (χ4v) is 10.4. The zero-order valence-electron chi connectivity index (χ0n) is 22.2. The Morgan fingerprint density at radius 3 is 2.36 bits per heavy atom. The Morgan fingerprint density at radius 2 is 1.67 bits per heavy atom. The lowest BCUT2D eigenvalue weighted by molar-refractivity contribution is -0.172. The third-order valence-corrected chi connectivity index (χ3v) is 12.5. The Balaban J connectivity index is 1.61. The van der Waals surface area contributed by atoms with Crippen LogP contribution in [0, 0.1) is 50.2 Å². The topological polar surface area (TPSA) is 49.3 Å². The molecule has 0 aromatic heterocycles. The lowest BCUT2D eigenvalue weighted by Gasteiger charge is -2.70. The molecule has 5 aliphatic carbocycles. The quantitative estimate of drug-likeness (QED) is 0.246. The number of allylic oxidation sites excluding steroid dienone is 4. The molecule has 0 heterocycles. The van der Waals surface area contributed by atoms with E-state index in [2.05, 4.69) is 72.2 Å². The van der Waals surface area contributed by atoms with Gasteiger partial charge < -0.3 is 0 Å². The highest BCUT2D eigenvalue weighted by Crippen LogP contribution is 2.75. The molecule has 7 atom stereocenters. The van der Waals surface area contributed by atoms with E-state index < -0.39 is 5.41 Å². The highest BCUT2D eigenvalue weighted by Gasteiger charge is 2.68. The predicted molar refractivity (Wildman–Crippen MR) is 133 cm³/mol. The predicted octanol–water partition coefficient (Wildman–Crippen LogP) is 7.46. The largest absolute Gasteiger partial charge is 0.289 e. The summed E-state index contributed by atoms with van der Waals surface area (Å²) < 4.78 is 0. The van der Waals surface area contributed by atoms with E-state index in [-0.39, 0.29) is 33.5 Å². The molecule has 184 valence electrons. The average Bonchev–Trinajstić information content (AvgIpc) is 2.72. The van der Waals surface area contributed by atoms with Crippen LogP contribution in [0.25, 0.3) is 0 Å². The van der Waals surface area contributed by atoms with Crippen molar-refractivity contribution in [1.82, 2.24) is 5.48 Å². The third-order valence-electron chi connectivity index (χ3n) is 12.5. The molecule has 33 heavy (non-hydrogen) atoms. The number of rotatable bonds is 1. The minimum atomic E-state index is -0.435. The summed E-state index contributed by atoms with van der Waals surface area (Å²) in [7, 11) is 0. The molecule has 0 aromatic carbocycles. The van der Waals surface area contributed by atoms with Gasteiger partial charge in [-0.15, -0.1) is 0 Å². The fraction of sp³-hybridized carbons (Fsp3) is 0.833. The van der Waals surface area contributed by atoms with E-state index in [1.165, 1.54) is 19.3 Å². The summed E-state index contributed by atoms with van der Waals surface area (Å²) >= 11 is 0. The molecule has 3 heteroatoms. The normalized spacial score (nSPS) is 49.6. The van der Waals surface area contributed by atoms with Gasteiger partial charge in [-0.1, -0.05) is 72.3 Å². The first-order chi connectivity index (χ1) is 15.3. The summed E-state index contributed by atoms with van der Waals surface area (Å²) in [6, 6.07) is 0. The van der Waals surface area contributed by atoms with E-state index in [0.29, 0.717) is 11.3 Å². The van der Waals surface area contributed by atoms with Gasteiger partial charge in [0.1, 0.15) is 0 Å². The summed E-state index contributed by atoms with van der Waals surface area (Å²) in [6.07, 6.45) is 17.5. The maximum absolute atomic E-state index is 13.2. The van der Waals surface area contributed by atoms with Crippen molar-refractivity contribution in [3.05, 3.63) is 23.8 Å². The van der Waals surface area contributed by atoms with Gasteiger partial charge in [0.25, 0.3) is 0 Å². The second kappa shape index (κ2) is 6.99. The van der Waals surface area contributed by atoms with Crippen molar-refractivity contribution < 1.29 is 10.0 Å². The molecule has 0 unspecified atom stereocenters. The van der Waals surface area contributed by atoms with E-state index in [0.717, 1.165) is 44.4 Å². The molecule has 1 amide bonds. The molecule has 3 nitrogen and oxygen atoms in total. The molecule has 0 aromatic rings. The van der Waals surface area contributed by atoms with E-state index in [4.69, 9.17) is 0 Å². The molecule has 3 fully saturated rings. The average molecular weight is 454 g/mol. The van der Waals surface area contributed by atoms with Crippen LogP contribution in [0.2, 0.25) is 0 Å². The maximum Gasteiger partial charge on any atom is 0.250 e. The van der Waals surface area contributed by atoms with Crippen molar-refractivity contribution in [2.75, 3.05) is 0 Å². The van der Waals surface area contributed by atoms with Gasteiger partial charge >= 0.3 is 0 Å². The van der Waals surface area contributed by atoms with Gasteiger partial charge in [0.05, 0.1) is 5.41 Å². The Bertz CT molecular complexity index is 914.